The molecule has 0 N–H and O–H groups in total. The van der Waals surface area contributed by atoms with E-state index in [2.05, 4.69) is 27.4 Å². The number of hydrogen-bond donors (Lipinski definition) is 0. The van der Waals surface area contributed by atoms with Crippen LogP contribution in [0.3, 0.4) is 0 Å². The van der Waals surface area contributed by atoms with Crippen molar-refractivity contribution in [2.24, 2.45) is 11.3 Å². The van der Waals surface area contributed by atoms with Gasteiger partial charge in [0, 0.05) is 44.8 Å². The molecule has 2 fully saturated rings. The highest BCUT2D eigenvalue weighted by atomic mass is 16.5. The summed E-state index contributed by atoms with van der Waals surface area (Å²) in [6.45, 7) is 11.5. The maximum absolute atomic E-state index is 12.9. The van der Waals surface area contributed by atoms with E-state index in [1.54, 1.807) is 0 Å². The second kappa shape index (κ2) is 8.11. The van der Waals surface area contributed by atoms with Crippen molar-refractivity contribution in [2.75, 3.05) is 39.3 Å². The smallest absolute Gasteiger partial charge is 0.313 e. The number of carbonyl (C=O) groups is 1. The molecule has 0 amide bonds. The van der Waals surface area contributed by atoms with Gasteiger partial charge in [0.15, 0.2) is 0 Å². The number of esters is 1. The van der Waals surface area contributed by atoms with Crippen LogP contribution >= 0.6 is 0 Å². The number of fused-ring (bicyclic) bond motifs is 1. The van der Waals surface area contributed by atoms with E-state index in [1.807, 2.05) is 31.3 Å². The number of pyridine rings is 1. The zero-order valence-electron chi connectivity index (χ0n) is 15.2. The summed E-state index contributed by atoms with van der Waals surface area (Å²) in [4.78, 5) is 22.1. The second-order valence-corrected chi connectivity index (χ2v) is 7.22. The number of hydrogen-bond acceptors (Lipinski definition) is 5. The molecule has 0 saturated carbocycles. The van der Waals surface area contributed by atoms with E-state index in [9.17, 15) is 4.79 Å². The molecule has 3 heterocycles. The molecule has 136 valence electrons. The van der Waals surface area contributed by atoms with E-state index < -0.39 is 0 Å². The van der Waals surface area contributed by atoms with Gasteiger partial charge in [-0.05, 0) is 38.4 Å². The first kappa shape index (κ1) is 18.1. The molecule has 0 aliphatic carbocycles. The summed E-state index contributed by atoms with van der Waals surface area (Å²) in [7, 11) is 0. The minimum Gasteiger partial charge on any atom is -0.466 e. The standard InChI is InChI=1S/C20H29N3O2/c1-3-11-23-14-17-13-22(15-18-8-5-6-10-21-18)12-7-9-20(17,16-23)19(24)25-4-2/h3,5-6,8,10,17H,1,4,7,9,11-16H2,2H3/t17-,20-/m0/s1. The van der Waals surface area contributed by atoms with Crippen LogP contribution < -0.4 is 0 Å². The molecule has 1 aromatic heterocycles. The number of carbonyl (C=O) groups excluding carboxylic acids is 1. The van der Waals surface area contributed by atoms with Crippen LogP contribution in [0.4, 0.5) is 0 Å². The van der Waals surface area contributed by atoms with Gasteiger partial charge in [0.2, 0.25) is 0 Å². The van der Waals surface area contributed by atoms with Crippen LogP contribution in [-0.2, 0) is 16.1 Å². The van der Waals surface area contributed by atoms with Crippen molar-refractivity contribution in [3.05, 3.63) is 42.7 Å². The van der Waals surface area contributed by atoms with Gasteiger partial charge in [-0.15, -0.1) is 6.58 Å². The average molecular weight is 343 g/mol. The lowest BCUT2D eigenvalue weighted by Crippen LogP contribution is -2.42. The van der Waals surface area contributed by atoms with Crippen LogP contribution in [0.25, 0.3) is 0 Å². The van der Waals surface area contributed by atoms with Gasteiger partial charge < -0.3 is 4.74 Å². The fourth-order valence-corrected chi connectivity index (χ4v) is 4.41. The molecule has 2 atom stereocenters. The maximum atomic E-state index is 12.9. The maximum Gasteiger partial charge on any atom is 0.313 e. The Balaban J connectivity index is 1.77. The minimum absolute atomic E-state index is 0.00810. The number of aromatic nitrogens is 1. The van der Waals surface area contributed by atoms with Gasteiger partial charge in [-0.2, -0.15) is 0 Å². The Labute approximate surface area is 150 Å². The van der Waals surface area contributed by atoms with Crippen molar-refractivity contribution in [3.63, 3.8) is 0 Å². The highest BCUT2D eigenvalue weighted by molar-refractivity contribution is 5.78. The summed E-state index contributed by atoms with van der Waals surface area (Å²) in [6, 6.07) is 6.05. The van der Waals surface area contributed by atoms with E-state index in [0.717, 1.165) is 57.8 Å². The van der Waals surface area contributed by atoms with E-state index in [4.69, 9.17) is 4.74 Å². The average Bonchev–Trinajstić information content (AvgIpc) is 2.85. The Morgan fingerprint density at radius 1 is 1.44 bits per heavy atom. The summed E-state index contributed by atoms with van der Waals surface area (Å²) >= 11 is 0. The molecule has 0 bridgehead atoms. The molecule has 2 saturated heterocycles. The fourth-order valence-electron chi connectivity index (χ4n) is 4.41. The van der Waals surface area contributed by atoms with Crippen LogP contribution in [0.5, 0.6) is 0 Å². The molecular formula is C20H29N3O2. The van der Waals surface area contributed by atoms with Crippen LogP contribution in [0.2, 0.25) is 0 Å². The van der Waals surface area contributed by atoms with Gasteiger partial charge in [-0.3, -0.25) is 19.6 Å². The summed E-state index contributed by atoms with van der Waals surface area (Å²) in [5.41, 5.74) is 0.727. The van der Waals surface area contributed by atoms with E-state index in [0.29, 0.717) is 12.5 Å². The fraction of sp³-hybridized carbons (Fsp3) is 0.600. The quantitative estimate of drug-likeness (QED) is 0.586. The number of nitrogens with zero attached hydrogens (tertiary/aromatic N) is 3. The Bertz CT molecular complexity index is 592. The van der Waals surface area contributed by atoms with E-state index in [-0.39, 0.29) is 11.4 Å². The Kier molecular flexibility index (Phi) is 5.86. The third-order valence-electron chi connectivity index (χ3n) is 5.52. The third-order valence-corrected chi connectivity index (χ3v) is 5.52. The predicted octanol–water partition coefficient (Wildman–Crippen LogP) is 2.34. The minimum atomic E-state index is -0.363. The molecule has 0 spiro atoms. The lowest BCUT2D eigenvalue weighted by molar-refractivity contribution is -0.157. The van der Waals surface area contributed by atoms with Gasteiger partial charge >= 0.3 is 5.97 Å². The summed E-state index contributed by atoms with van der Waals surface area (Å²) in [5, 5.41) is 0. The van der Waals surface area contributed by atoms with Gasteiger partial charge in [-0.1, -0.05) is 12.1 Å². The van der Waals surface area contributed by atoms with Gasteiger partial charge in [0.1, 0.15) is 0 Å². The summed E-state index contributed by atoms with van der Waals surface area (Å²) in [6.07, 6.45) is 5.69. The van der Waals surface area contributed by atoms with Gasteiger partial charge in [0.25, 0.3) is 0 Å². The summed E-state index contributed by atoms with van der Waals surface area (Å²) < 4.78 is 5.50. The van der Waals surface area contributed by atoms with Crippen molar-refractivity contribution < 1.29 is 9.53 Å². The number of likely N-dealkylation sites (tertiary alicyclic amines) is 2. The Morgan fingerprint density at radius 2 is 2.28 bits per heavy atom. The largest absolute Gasteiger partial charge is 0.466 e. The van der Waals surface area contributed by atoms with Crippen molar-refractivity contribution in [1.82, 2.24) is 14.8 Å². The summed E-state index contributed by atoms with van der Waals surface area (Å²) in [5.74, 6) is 0.295. The highest BCUT2D eigenvalue weighted by Crippen LogP contribution is 2.43. The third kappa shape index (κ3) is 3.93. The molecule has 2 aliphatic rings. The van der Waals surface area contributed by atoms with Crippen molar-refractivity contribution in [2.45, 2.75) is 26.3 Å². The molecule has 25 heavy (non-hydrogen) atoms. The van der Waals surface area contributed by atoms with Gasteiger partial charge in [-0.25, -0.2) is 0 Å². The molecule has 5 nitrogen and oxygen atoms in total. The lowest BCUT2D eigenvalue weighted by Gasteiger charge is -2.31. The topological polar surface area (TPSA) is 45.7 Å². The first-order valence-corrected chi connectivity index (χ1v) is 9.30. The van der Waals surface area contributed by atoms with Crippen LogP contribution in [0, 0.1) is 11.3 Å². The molecule has 5 heteroatoms. The van der Waals surface area contributed by atoms with Crippen molar-refractivity contribution >= 4 is 5.97 Å². The normalized spacial score (nSPS) is 27.5. The van der Waals surface area contributed by atoms with Crippen LogP contribution in [0.15, 0.2) is 37.1 Å². The highest BCUT2D eigenvalue weighted by Gasteiger charge is 2.53. The molecule has 0 aromatic carbocycles. The second-order valence-electron chi connectivity index (χ2n) is 7.22. The zero-order chi connectivity index (χ0) is 17.7. The molecule has 1 aromatic rings. The predicted molar refractivity (Wildman–Crippen MR) is 97.9 cm³/mol. The van der Waals surface area contributed by atoms with Crippen LogP contribution in [0.1, 0.15) is 25.5 Å². The molecule has 2 aliphatic heterocycles. The number of ether oxygens (including phenoxy) is 1. The molecule has 3 rings (SSSR count). The first-order chi connectivity index (χ1) is 12.2. The lowest BCUT2D eigenvalue weighted by atomic mass is 9.75. The monoisotopic (exact) mass is 343 g/mol. The molecule has 0 radical (unpaired) electrons. The first-order valence-electron chi connectivity index (χ1n) is 9.30. The Morgan fingerprint density at radius 3 is 3.00 bits per heavy atom. The van der Waals surface area contributed by atoms with E-state index >= 15 is 0 Å². The number of rotatable bonds is 6. The SMILES string of the molecule is C=CCN1C[C@@H]2CN(Cc3ccccn3)CCC[C@]2(C(=O)OCC)C1. The van der Waals surface area contributed by atoms with Crippen LogP contribution in [-0.4, -0.2) is 60.1 Å². The van der Waals surface area contributed by atoms with Crippen molar-refractivity contribution in [3.8, 4) is 0 Å². The van der Waals surface area contributed by atoms with E-state index in [1.165, 1.54) is 0 Å². The van der Waals surface area contributed by atoms with Gasteiger partial charge in [0.05, 0.1) is 17.7 Å². The molecule has 0 unspecified atom stereocenters. The Hall–Kier alpha value is -1.72. The zero-order valence-corrected chi connectivity index (χ0v) is 15.2. The van der Waals surface area contributed by atoms with Crippen molar-refractivity contribution in [1.29, 1.82) is 0 Å². The molecular weight excluding hydrogens is 314 g/mol.